The first kappa shape index (κ1) is 15.0. The van der Waals surface area contributed by atoms with Gasteiger partial charge in [-0.1, -0.05) is 76.1 Å². The Labute approximate surface area is 141 Å². The van der Waals surface area contributed by atoms with Crippen molar-refractivity contribution in [2.75, 3.05) is 0 Å². The van der Waals surface area contributed by atoms with Crippen molar-refractivity contribution in [2.24, 2.45) is 0 Å². The zero-order chi connectivity index (χ0) is 15.5. The molecule has 0 spiro atoms. The zero-order valence-electron chi connectivity index (χ0n) is 11.5. The van der Waals surface area contributed by atoms with Crippen LogP contribution in [0.1, 0.15) is 5.69 Å². The lowest BCUT2D eigenvalue weighted by molar-refractivity contribution is 0.903. The molecule has 0 saturated heterocycles. The average molecular weight is 376 g/mol. The first-order valence-corrected chi connectivity index (χ1v) is 8.20. The molecule has 3 rings (SSSR count). The Balaban J connectivity index is 2.33. The second kappa shape index (κ2) is 6.46. The SMILES string of the molecule is O=c1c(-c2ccccc2)nc(Cl)c(CBr)n1-c1ccccc1. The second-order valence-electron chi connectivity index (χ2n) is 4.67. The number of alkyl halides is 1. The molecule has 22 heavy (non-hydrogen) atoms. The number of benzene rings is 2. The highest BCUT2D eigenvalue weighted by atomic mass is 79.9. The molecule has 0 saturated carbocycles. The van der Waals surface area contributed by atoms with E-state index < -0.39 is 0 Å². The van der Waals surface area contributed by atoms with Gasteiger partial charge in [-0.15, -0.1) is 0 Å². The van der Waals surface area contributed by atoms with E-state index in [1.807, 2.05) is 60.7 Å². The van der Waals surface area contributed by atoms with Crippen LogP contribution in [0.25, 0.3) is 16.9 Å². The smallest absolute Gasteiger partial charge is 0.275 e. The fraction of sp³-hybridized carbons (Fsp3) is 0.0588. The molecule has 0 N–H and O–H groups in total. The van der Waals surface area contributed by atoms with Crippen LogP contribution in [0.5, 0.6) is 0 Å². The highest BCUT2D eigenvalue weighted by Crippen LogP contribution is 2.22. The van der Waals surface area contributed by atoms with Gasteiger partial charge < -0.3 is 0 Å². The molecule has 3 aromatic rings. The molecule has 110 valence electrons. The summed E-state index contributed by atoms with van der Waals surface area (Å²) in [5, 5.41) is 0.761. The highest BCUT2D eigenvalue weighted by molar-refractivity contribution is 9.08. The minimum atomic E-state index is -0.184. The first-order chi connectivity index (χ1) is 10.7. The summed E-state index contributed by atoms with van der Waals surface area (Å²) in [6.45, 7) is 0. The maximum Gasteiger partial charge on any atom is 0.281 e. The molecule has 3 nitrogen and oxygen atoms in total. The number of nitrogens with zero attached hydrogens (tertiary/aromatic N) is 2. The number of para-hydroxylation sites is 1. The van der Waals surface area contributed by atoms with Crippen molar-refractivity contribution in [1.82, 2.24) is 9.55 Å². The van der Waals surface area contributed by atoms with Gasteiger partial charge in [0.25, 0.3) is 5.56 Å². The average Bonchev–Trinajstić information content (AvgIpc) is 2.57. The van der Waals surface area contributed by atoms with Crippen LogP contribution in [-0.4, -0.2) is 9.55 Å². The van der Waals surface area contributed by atoms with Crippen LogP contribution in [0.2, 0.25) is 5.15 Å². The lowest BCUT2D eigenvalue weighted by Crippen LogP contribution is -2.25. The van der Waals surface area contributed by atoms with Gasteiger partial charge in [0.1, 0.15) is 5.69 Å². The van der Waals surface area contributed by atoms with Crippen molar-refractivity contribution in [3.8, 4) is 16.9 Å². The summed E-state index contributed by atoms with van der Waals surface area (Å²) in [6.07, 6.45) is 0. The molecule has 0 amide bonds. The molecule has 0 unspecified atom stereocenters. The highest BCUT2D eigenvalue weighted by Gasteiger charge is 2.16. The van der Waals surface area contributed by atoms with E-state index in [2.05, 4.69) is 20.9 Å². The fourth-order valence-corrected chi connectivity index (χ4v) is 3.19. The van der Waals surface area contributed by atoms with Gasteiger partial charge in [-0.05, 0) is 12.1 Å². The van der Waals surface area contributed by atoms with E-state index in [-0.39, 0.29) is 5.56 Å². The Morgan fingerprint density at radius 1 is 1.00 bits per heavy atom. The monoisotopic (exact) mass is 374 g/mol. The molecule has 0 aliphatic heterocycles. The van der Waals surface area contributed by atoms with Gasteiger partial charge in [0.2, 0.25) is 0 Å². The minimum Gasteiger partial charge on any atom is -0.275 e. The summed E-state index contributed by atoms with van der Waals surface area (Å²) in [5.41, 5.74) is 2.32. The summed E-state index contributed by atoms with van der Waals surface area (Å²) in [6, 6.07) is 18.8. The molecule has 2 aromatic carbocycles. The van der Waals surface area contributed by atoms with Crippen molar-refractivity contribution in [3.63, 3.8) is 0 Å². The lowest BCUT2D eigenvalue weighted by Gasteiger charge is -2.14. The topological polar surface area (TPSA) is 34.9 Å². The molecule has 0 atom stereocenters. The van der Waals surface area contributed by atoms with Crippen LogP contribution in [0.4, 0.5) is 0 Å². The molecular formula is C17H12BrClN2O. The summed E-state index contributed by atoms with van der Waals surface area (Å²) >= 11 is 9.69. The van der Waals surface area contributed by atoms with Gasteiger partial charge in [0, 0.05) is 16.6 Å². The summed E-state index contributed by atoms with van der Waals surface area (Å²) < 4.78 is 1.60. The Morgan fingerprint density at radius 2 is 1.59 bits per heavy atom. The molecule has 0 radical (unpaired) electrons. The van der Waals surface area contributed by atoms with Crippen LogP contribution in [0.3, 0.4) is 0 Å². The van der Waals surface area contributed by atoms with Gasteiger partial charge >= 0.3 is 0 Å². The molecule has 0 bridgehead atoms. The molecule has 0 aliphatic rings. The maximum atomic E-state index is 12.9. The minimum absolute atomic E-state index is 0.184. The van der Waals surface area contributed by atoms with Crippen LogP contribution >= 0.6 is 27.5 Å². The number of aromatic nitrogens is 2. The van der Waals surface area contributed by atoms with Crippen LogP contribution in [0, 0.1) is 0 Å². The first-order valence-electron chi connectivity index (χ1n) is 6.70. The quantitative estimate of drug-likeness (QED) is 0.634. The number of hydrogen-bond donors (Lipinski definition) is 0. The molecule has 0 fully saturated rings. The van der Waals surface area contributed by atoms with Crippen molar-refractivity contribution >= 4 is 27.5 Å². The Bertz CT molecular complexity index is 848. The van der Waals surface area contributed by atoms with Crippen LogP contribution in [0.15, 0.2) is 65.5 Å². The van der Waals surface area contributed by atoms with E-state index in [1.165, 1.54) is 0 Å². The molecule has 5 heteroatoms. The van der Waals surface area contributed by atoms with Crippen molar-refractivity contribution in [1.29, 1.82) is 0 Å². The number of rotatable bonds is 3. The molecular weight excluding hydrogens is 364 g/mol. The van der Waals surface area contributed by atoms with E-state index in [4.69, 9.17) is 11.6 Å². The predicted molar refractivity (Wildman–Crippen MR) is 92.9 cm³/mol. The largest absolute Gasteiger partial charge is 0.281 e. The van der Waals surface area contributed by atoms with E-state index in [0.717, 1.165) is 11.3 Å². The van der Waals surface area contributed by atoms with E-state index in [9.17, 15) is 4.79 Å². The van der Waals surface area contributed by atoms with Gasteiger partial charge in [-0.2, -0.15) is 0 Å². The van der Waals surface area contributed by atoms with E-state index in [1.54, 1.807) is 4.57 Å². The van der Waals surface area contributed by atoms with Crippen LogP contribution < -0.4 is 5.56 Å². The Hall–Kier alpha value is -1.91. The third kappa shape index (κ3) is 2.72. The van der Waals surface area contributed by atoms with Gasteiger partial charge in [-0.3, -0.25) is 9.36 Å². The van der Waals surface area contributed by atoms with Gasteiger partial charge in [0.15, 0.2) is 5.15 Å². The van der Waals surface area contributed by atoms with Crippen molar-refractivity contribution in [3.05, 3.63) is 81.9 Å². The van der Waals surface area contributed by atoms with Crippen molar-refractivity contribution < 1.29 is 0 Å². The van der Waals surface area contributed by atoms with E-state index in [0.29, 0.717) is 21.9 Å². The Kier molecular flexibility index (Phi) is 4.41. The summed E-state index contributed by atoms with van der Waals surface area (Å²) in [4.78, 5) is 17.2. The third-order valence-corrected chi connectivity index (χ3v) is 4.15. The third-order valence-electron chi connectivity index (χ3n) is 3.31. The predicted octanol–water partition coefficient (Wildman–Crippen LogP) is 4.45. The van der Waals surface area contributed by atoms with E-state index >= 15 is 0 Å². The lowest BCUT2D eigenvalue weighted by atomic mass is 10.1. The molecule has 0 aliphatic carbocycles. The summed E-state index contributed by atoms with van der Waals surface area (Å²) in [5.74, 6) is 0. The molecule has 1 aromatic heterocycles. The Morgan fingerprint density at radius 3 is 2.18 bits per heavy atom. The molecule has 1 heterocycles. The normalized spacial score (nSPS) is 10.6. The fourth-order valence-electron chi connectivity index (χ4n) is 2.28. The van der Waals surface area contributed by atoms with Gasteiger partial charge in [0.05, 0.1) is 5.69 Å². The van der Waals surface area contributed by atoms with Crippen LogP contribution in [-0.2, 0) is 5.33 Å². The summed E-state index contributed by atoms with van der Waals surface area (Å²) in [7, 11) is 0. The number of halogens is 2. The zero-order valence-corrected chi connectivity index (χ0v) is 13.9. The maximum absolute atomic E-state index is 12.9. The van der Waals surface area contributed by atoms with Gasteiger partial charge in [-0.25, -0.2) is 4.98 Å². The standard InChI is InChI=1S/C17H12BrClN2O/c18-11-14-16(19)20-15(12-7-3-1-4-8-12)17(22)21(14)13-9-5-2-6-10-13/h1-10H,11H2. The number of hydrogen-bond acceptors (Lipinski definition) is 2. The second-order valence-corrected chi connectivity index (χ2v) is 5.59. The van der Waals surface area contributed by atoms with Crippen molar-refractivity contribution in [2.45, 2.75) is 5.33 Å².